The van der Waals surface area contributed by atoms with E-state index in [0.717, 1.165) is 22.5 Å². The third-order valence-corrected chi connectivity index (χ3v) is 15.3. The summed E-state index contributed by atoms with van der Waals surface area (Å²) in [6.07, 6.45) is 1.76. The molecule has 1 aliphatic carbocycles. The van der Waals surface area contributed by atoms with Crippen molar-refractivity contribution in [1.29, 1.82) is 0 Å². The molecule has 3 atom stereocenters. The molecule has 3 aliphatic heterocycles. The van der Waals surface area contributed by atoms with E-state index in [0.29, 0.717) is 63.2 Å². The van der Waals surface area contributed by atoms with Crippen LogP contribution >= 0.6 is 11.3 Å². The highest BCUT2D eigenvalue weighted by Gasteiger charge is 2.46. The van der Waals surface area contributed by atoms with Crippen LogP contribution in [0.3, 0.4) is 0 Å². The number of esters is 1. The summed E-state index contributed by atoms with van der Waals surface area (Å²) in [7, 11) is -3.49. The third-order valence-electron chi connectivity index (χ3n) is 11.6. The van der Waals surface area contributed by atoms with Crippen molar-refractivity contribution in [3.8, 4) is 17.1 Å². The summed E-state index contributed by atoms with van der Waals surface area (Å²) >= 11 is 1.01. The average Bonchev–Trinajstić information content (AvgIpc) is 3.89. The van der Waals surface area contributed by atoms with Crippen LogP contribution in [0, 0.1) is 5.92 Å². The molecule has 16 nitrogen and oxygen atoms in total. The monoisotopic (exact) mass is 840 g/mol. The number of carbonyl (C=O) groups excluding carboxylic acids is 4. The zero-order valence-electron chi connectivity index (χ0n) is 32.5. The molecule has 0 saturated heterocycles. The van der Waals surface area contributed by atoms with Gasteiger partial charge in [0.15, 0.2) is 11.4 Å². The first-order valence-corrected chi connectivity index (χ1v) is 21.8. The number of carbonyl (C=O) groups is 4. The smallest absolute Gasteiger partial charge is 0.343 e. The number of thiazole rings is 1. The molecule has 4 N–H and O–H groups in total. The molecule has 0 radical (unpaired) electrons. The van der Waals surface area contributed by atoms with Gasteiger partial charge in [0.2, 0.25) is 26.0 Å². The zero-order valence-corrected chi connectivity index (χ0v) is 34.1. The van der Waals surface area contributed by atoms with Gasteiger partial charge in [0.05, 0.1) is 56.8 Å². The summed E-state index contributed by atoms with van der Waals surface area (Å²) in [5.74, 6) is -2.41. The van der Waals surface area contributed by atoms with Crippen LogP contribution in [0.2, 0.25) is 0 Å². The van der Waals surface area contributed by atoms with E-state index in [1.807, 2.05) is 0 Å². The number of fused-ring (bicyclic) bond motifs is 6. The van der Waals surface area contributed by atoms with Crippen LogP contribution in [-0.4, -0.2) is 75.7 Å². The minimum atomic E-state index is -3.49. The van der Waals surface area contributed by atoms with E-state index in [4.69, 9.17) is 14.5 Å². The lowest BCUT2D eigenvalue weighted by Gasteiger charge is -2.31. The van der Waals surface area contributed by atoms with Gasteiger partial charge in [-0.1, -0.05) is 20.8 Å². The highest BCUT2D eigenvalue weighted by atomic mass is 32.2. The molecule has 2 aromatic carbocycles. The molecule has 1 fully saturated rings. The highest BCUT2D eigenvalue weighted by molar-refractivity contribution is 7.94. The number of benzene rings is 2. The number of amides is 3. The van der Waals surface area contributed by atoms with Crippen molar-refractivity contribution in [2.45, 2.75) is 93.8 Å². The molecule has 0 spiro atoms. The molecule has 3 amide bonds. The van der Waals surface area contributed by atoms with Crippen LogP contribution in [0.1, 0.15) is 79.6 Å². The lowest BCUT2D eigenvalue weighted by atomic mass is 9.86. The molecular formula is C41H40N6O10S2. The number of hydrogen-bond donors (Lipinski definition) is 4. The van der Waals surface area contributed by atoms with Crippen LogP contribution in [0.25, 0.3) is 32.5 Å². The van der Waals surface area contributed by atoms with Crippen molar-refractivity contribution in [3.05, 3.63) is 74.6 Å². The number of rotatable bonds is 10. The lowest BCUT2D eigenvalue weighted by Crippen LogP contribution is -2.53. The van der Waals surface area contributed by atoms with Gasteiger partial charge < -0.3 is 35.1 Å². The quantitative estimate of drug-likeness (QED) is 0.146. The van der Waals surface area contributed by atoms with Crippen molar-refractivity contribution in [2.75, 3.05) is 11.9 Å². The number of ether oxygens (including phenoxy) is 2. The first-order valence-electron chi connectivity index (χ1n) is 19.5. The van der Waals surface area contributed by atoms with E-state index in [-0.39, 0.29) is 58.7 Å². The van der Waals surface area contributed by atoms with E-state index in [9.17, 15) is 37.5 Å². The van der Waals surface area contributed by atoms with Crippen LogP contribution < -0.4 is 26.2 Å². The fourth-order valence-corrected chi connectivity index (χ4v) is 11.2. The van der Waals surface area contributed by atoms with Crippen LogP contribution in [0.15, 0.2) is 45.5 Å². The molecule has 4 aliphatic rings. The van der Waals surface area contributed by atoms with Crippen molar-refractivity contribution in [3.63, 3.8) is 0 Å². The van der Waals surface area contributed by atoms with E-state index in [1.165, 1.54) is 13.0 Å². The van der Waals surface area contributed by atoms with Crippen molar-refractivity contribution < 1.29 is 42.2 Å². The minimum absolute atomic E-state index is 0.0299. The maximum atomic E-state index is 13.8. The standard InChI is InChI=1S/C41H40N6O10S2/c1-5-41(53)25-15-29-33-23(16-47(29)38(51)24(25)17-57-39(41)52)22-12-13-56-34-28(11-10-27(43-33)31(22)34)44-35(48)19(4)42-37(50)32(18(2)3)46-36(49)20-6-9-26-30(14-20)58-40(45-26)59(54,55)21-7-8-21/h6,9-11,14-15,18-19,21,32,53H,5,7-8,12-13,16-17H2,1-4H3,(H,42,50)(H,44,48)(H,46,49)/t19-,32-,41-/m0/s1. The second-order valence-electron chi connectivity index (χ2n) is 15.8. The first kappa shape index (κ1) is 38.8. The Morgan fingerprint density at radius 2 is 1.75 bits per heavy atom. The summed E-state index contributed by atoms with van der Waals surface area (Å²) in [4.78, 5) is 76.1. The van der Waals surface area contributed by atoms with Gasteiger partial charge in [0, 0.05) is 28.5 Å². The van der Waals surface area contributed by atoms with Gasteiger partial charge in [-0.05, 0) is 74.1 Å². The molecular weight excluding hydrogens is 801 g/mol. The Morgan fingerprint density at radius 1 is 0.983 bits per heavy atom. The number of aromatic nitrogens is 3. The normalized spacial score (nSPS) is 19.0. The summed E-state index contributed by atoms with van der Waals surface area (Å²) in [5, 5.41) is 19.9. The van der Waals surface area contributed by atoms with E-state index < -0.39 is 56.5 Å². The van der Waals surface area contributed by atoms with Crippen LogP contribution in [0.4, 0.5) is 5.69 Å². The fraction of sp³-hybridized carbons (Fsp3) is 0.390. The second kappa shape index (κ2) is 13.9. The van der Waals surface area contributed by atoms with E-state index in [1.54, 1.807) is 55.7 Å². The van der Waals surface area contributed by atoms with Crippen molar-refractivity contribution in [2.24, 2.45) is 5.92 Å². The molecule has 9 rings (SSSR count). The molecule has 0 bridgehead atoms. The van der Waals surface area contributed by atoms with Crippen molar-refractivity contribution >= 4 is 71.7 Å². The Balaban J connectivity index is 0.925. The van der Waals surface area contributed by atoms with Gasteiger partial charge in [-0.15, -0.1) is 11.3 Å². The first-order chi connectivity index (χ1) is 28.1. The fourth-order valence-electron chi connectivity index (χ4n) is 8.07. The maximum Gasteiger partial charge on any atom is 0.343 e. The maximum absolute atomic E-state index is 13.8. The van der Waals surface area contributed by atoms with Crippen LogP contribution in [-0.2, 0) is 54.1 Å². The second-order valence-corrected chi connectivity index (χ2v) is 19.2. The van der Waals surface area contributed by atoms with Gasteiger partial charge in [-0.3, -0.25) is 19.2 Å². The predicted octanol–water partition coefficient (Wildman–Crippen LogP) is 3.46. The van der Waals surface area contributed by atoms with E-state index in [2.05, 4.69) is 20.9 Å². The van der Waals surface area contributed by atoms with E-state index >= 15 is 0 Å². The number of anilines is 1. The van der Waals surface area contributed by atoms with Gasteiger partial charge in [0.1, 0.15) is 18.7 Å². The lowest BCUT2D eigenvalue weighted by molar-refractivity contribution is -0.172. The zero-order chi connectivity index (χ0) is 41.7. The Hall–Kier alpha value is -5.72. The molecule has 6 heterocycles. The Kier molecular flexibility index (Phi) is 9.17. The van der Waals surface area contributed by atoms with Gasteiger partial charge in [-0.2, -0.15) is 0 Å². The third kappa shape index (κ3) is 6.26. The Labute approximate surface area is 341 Å². The number of hydrogen-bond acceptors (Lipinski definition) is 13. The molecule has 59 heavy (non-hydrogen) atoms. The number of cyclic esters (lactones) is 1. The molecule has 306 valence electrons. The number of pyridine rings is 2. The molecule has 3 aromatic heterocycles. The summed E-state index contributed by atoms with van der Waals surface area (Å²) < 4.78 is 38.9. The topological polar surface area (TPSA) is 225 Å². The minimum Gasteiger partial charge on any atom is -0.490 e. The number of nitrogens with one attached hydrogen (secondary N) is 3. The summed E-state index contributed by atoms with van der Waals surface area (Å²) in [6, 6.07) is 7.68. The molecule has 18 heteroatoms. The number of aliphatic hydroxyl groups is 1. The van der Waals surface area contributed by atoms with Gasteiger partial charge in [0.25, 0.3) is 11.5 Å². The summed E-state index contributed by atoms with van der Waals surface area (Å²) in [6.45, 7) is 6.97. The Bertz CT molecular complexity index is 2860. The Morgan fingerprint density at radius 3 is 2.47 bits per heavy atom. The molecule has 0 unspecified atom stereocenters. The van der Waals surface area contributed by atoms with Crippen molar-refractivity contribution in [1.82, 2.24) is 25.2 Å². The van der Waals surface area contributed by atoms with Crippen LogP contribution in [0.5, 0.6) is 5.75 Å². The van der Waals surface area contributed by atoms with Gasteiger partial charge in [-0.25, -0.2) is 23.2 Å². The number of sulfone groups is 1. The average molecular weight is 841 g/mol. The molecule has 5 aromatic rings. The predicted molar refractivity (Wildman–Crippen MR) is 216 cm³/mol. The number of nitrogens with zero attached hydrogens (tertiary/aromatic N) is 3. The SMILES string of the molecule is CC[C@@]1(O)C(=O)OCc2c1cc1n(c2=O)Cc2c-1nc1ccc(NC(=O)[C@H](C)NC(=O)[C@@H](NC(=O)c3ccc4nc(S(=O)(=O)C5CC5)sc4c3)C(C)C)c3c1c2CCO3. The largest absolute Gasteiger partial charge is 0.490 e. The van der Waals surface area contributed by atoms with Gasteiger partial charge >= 0.3 is 5.97 Å². The highest BCUT2D eigenvalue weighted by Crippen LogP contribution is 2.45. The summed E-state index contributed by atoms with van der Waals surface area (Å²) in [5.41, 5.74) is 2.53. The molecule has 1 saturated carbocycles.